The van der Waals surface area contributed by atoms with Gasteiger partial charge in [0.25, 0.3) is 0 Å². The van der Waals surface area contributed by atoms with Gasteiger partial charge in [0.15, 0.2) is 5.96 Å². The predicted molar refractivity (Wildman–Crippen MR) is 83.8 cm³/mol. The van der Waals surface area contributed by atoms with Gasteiger partial charge in [0.1, 0.15) is 5.82 Å². The van der Waals surface area contributed by atoms with Gasteiger partial charge in [0.2, 0.25) is 0 Å². The fourth-order valence-corrected chi connectivity index (χ4v) is 2.03. The summed E-state index contributed by atoms with van der Waals surface area (Å²) in [4.78, 5) is 6.39. The molecule has 0 heterocycles. The topological polar surface area (TPSA) is 62.9 Å². The van der Waals surface area contributed by atoms with Crippen molar-refractivity contribution in [1.29, 1.82) is 0 Å². The third-order valence-electron chi connectivity index (χ3n) is 3.12. The molecule has 0 amide bonds. The summed E-state index contributed by atoms with van der Waals surface area (Å²) in [6.07, 6.45) is 0. The van der Waals surface area contributed by atoms with E-state index in [0.717, 1.165) is 5.56 Å². The standard InChI is InChI=1S/C15H25FN4O/c1-11(10-21-4)19-15(17)18-9-14(20(2)3)12-5-7-13(16)8-6-12/h5-8,11,14H,9-10H2,1-4H3,(H3,17,18,19). The summed E-state index contributed by atoms with van der Waals surface area (Å²) in [6, 6.07) is 6.60. The molecule has 0 saturated carbocycles. The number of methoxy groups -OCH3 is 1. The number of aliphatic imine (C=N–C) groups is 1. The van der Waals surface area contributed by atoms with E-state index in [1.165, 1.54) is 12.1 Å². The van der Waals surface area contributed by atoms with Gasteiger partial charge in [-0.3, -0.25) is 4.99 Å². The number of halogens is 1. The first kappa shape index (κ1) is 17.4. The minimum absolute atomic E-state index is 0.0451. The lowest BCUT2D eigenvalue weighted by molar-refractivity contribution is 0.179. The van der Waals surface area contributed by atoms with Crippen LogP contribution < -0.4 is 11.1 Å². The van der Waals surface area contributed by atoms with E-state index in [0.29, 0.717) is 19.1 Å². The van der Waals surface area contributed by atoms with Crippen molar-refractivity contribution in [2.75, 3.05) is 34.4 Å². The van der Waals surface area contributed by atoms with Crippen molar-refractivity contribution in [2.24, 2.45) is 10.7 Å². The van der Waals surface area contributed by atoms with Gasteiger partial charge in [-0.1, -0.05) is 12.1 Å². The van der Waals surface area contributed by atoms with Crippen molar-refractivity contribution < 1.29 is 9.13 Å². The van der Waals surface area contributed by atoms with E-state index in [2.05, 4.69) is 10.3 Å². The molecule has 1 rings (SSSR count). The number of benzene rings is 1. The van der Waals surface area contributed by atoms with Crippen molar-refractivity contribution in [3.8, 4) is 0 Å². The van der Waals surface area contributed by atoms with E-state index in [4.69, 9.17) is 10.5 Å². The highest BCUT2D eigenvalue weighted by Crippen LogP contribution is 2.18. The Hall–Kier alpha value is -1.66. The molecule has 6 heteroatoms. The number of nitrogens with two attached hydrogens (primary N) is 1. The monoisotopic (exact) mass is 296 g/mol. The molecule has 21 heavy (non-hydrogen) atoms. The molecule has 0 aromatic heterocycles. The van der Waals surface area contributed by atoms with Crippen molar-refractivity contribution in [3.05, 3.63) is 35.6 Å². The summed E-state index contributed by atoms with van der Waals surface area (Å²) >= 11 is 0. The highest BCUT2D eigenvalue weighted by Gasteiger charge is 2.14. The maximum Gasteiger partial charge on any atom is 0.188 e. The first-order valence-electron chi connectivity index (χ1n) is 6.91. The summed E-state index contributed by atoms with van der Waals surface area (Å²) in [7, 11) is 5.56. The SMILES string of the molecule is COCC(C)NC(N)=NCC(c1ccc(F)cc1)N(C)C. The molecule has 0 radical (unpaired) electrons. The number of guanidine groups is 1. The third-order valence-corrected chi connectivity index (χ3v) is 3.12. The van der Waals surface area contributed by atoms with Gasteiger partial charge in [-0.05, 0) is 38.7 Å². The van der Waals surface area contributed by atoms with E-state index >= 15 is 0 Å². The average molecular weight is 296 g/mol. The second-order valence-electron chi connectivity index (χ2n) is 5.26. The Morgan fingerprint density at radius 1 is 1.38 bits per heavy atom. The fraction of sp³-hybridized carbons (Fsp3) is 0.533. The Bertz CT molecular complexity index is 447. The lowest BCUT2D eigenvalue weighted by Crippen LogP contribution is -2.41. The van der Waals surface area contributed by atoms with E-state index in [1.807, 2.05) is 25.9 Å². The van der Waals surface area contributed by atoms with Gasteiger partial charge in [-0.25, -0.2) is 4.39 Å². The van der Waals surface area contributed by atoms with E-state index in [9.17, 15) is 4.39 Å². The molecule has 1 aromatic rings. The first-order chi connectivity index (χ1) is 9.93. The second-order valence-corrected chi connectivity index (χ2v) is 5.26. The summed E-state index contributed by atoms with van der Waals surface area (Å²) < 4.78 is 18.0. The van der Waals surface area contributed by atoms with Crippen LogP contribution in [0.3, 0.4) is 0 Å². The highest BCUT2D eigenvalue weighted by atomic mass is 19.1. The lowest BCUT2D eigenvalue weighted by Gasteiger charge is -2.23. The molecule has 2 atom stereocenters. The third kappa shape index (κ3) is 6.10. The number of hydrogen-bond donors (Lipinski definition) is 2. The number of nitrogens with zero attached hydrogens (tertiary/aromatic N) is 2. The number of rotatable bonds is 7. The van der Waals surface area contributed by atoms with Crippen molar-refractivity contribution in [3.63, 3.8) is 0 Å². The predicted octanol–water partition coefficient (Wildman–Crippen LogP) is 1.37. The fourth-order valence-electron chi connectivity index (χ4n) is 2.03. The minimum Gasteiger partial charge on any atom is -0.383 e. The summed E-state index contributed by atoms with van der Waals surface area (Å²) in [5.74, 6) is 0.142. The molecular formula is C15H25FN4O. The molecule has 2 unspecified atom stereocenters. The Balaban J connectivity index is 2.68. The Morgan fingerprint density at radius 3 is 2.52 bits per heavy atom. The van der Waals surface area contributed by atoms with E-state index in [1.54, 1.807) is 19.2 Å². The van der Waals surface area contributed by atoms with Crippen LogP contribution in [0.5, 0.6) is 0 Å². The van der Waals surface area contributed by atoms with Gasteiger partial charge in [-0.15, -0.1) is 0 Å². The van der Waals surface area contributed by atoms with Crippen LogP contribution in [-0.4, -0.2) is 51.3 Å². The van der Waals surface area contributed by atoms with Crippen LogP contribution in [0.25, 0.3) is 0 Å². The van der Waals surface area contributed by atoms with Crippen LogP contribution in [0.15, 0.2) is 29.3 Å². The average Bonchev–Trinajstić information content (AvgIpc) is 2.40. The van der Waals surface area contributed by atoms with Gasteiger partial charge < -0.3 is 20.7 Å². The Kier molecular flexibility index (Phi) is 7.11. The molecule has 0 saturated heterocycles. The van der Waals surface area contributed by atoms with Gasteiger partial charge >= 0.3 is 0 Å². The highest BCUT2D eigenvalue weighted by molar-refractivity contribution is 5.78. The molecule has 1 aromatic carbocycles. The van der Waals surface area contributed by atoms with Crippen molar-refractivity contribution >= 4 is 5.96 Å². The Labute approximate surface area is 126 Å². The quantitative estimate of drug-likeness (QED) is 0.589. The molecule has 118 valence electrons. The summed E-state index contributed by atoms with van der Waals surface area (Å²) in [5, 5.41) is 3.06. The number of ether oxygens (including phenoxy) is 1. The normalized spacial score (nSPS) is 15.0. The molecule has 0 fully saturated rings. The van der Waals surface area contributed by atoms with Crippen LogP contribution in [0.2, 0.25) is 0 Å². The van der Waals surface area contributed by atoms with Gasteiger partial charge in [0, 0.05) is 13.2 Å². The molecule has 0 aliphatic heterocycles. The number of likely N-dealkylation sites (N-methyl/N-ethyl adjacent to an activating group) is 1. The van der Waals surface area contributed by atoms with Gasteiger partial charge in [-0.2, -0.15) is 0 Å². The molecule has 0 aliphatic carbocycles. The molecule has 0 aliphatic rings. The van der Waals surface area contributed by atoms with E-state index in [-0.39, 0.29) is 17.9 Å². The van der Waals surface area contributed by atoms with Crippen LogP contribution in [-0.2, 0) is 4.74 Å². The molecule has 0 spiro atoms. The van der Waals surface area contributed by atoms with Crippen LogP contribution in [0, 0.1) is 5.82 Å². The first-order valence-corrected chi connectivity index (χ1v) is 6.91. The van der Waals surface area contributed by atoms with Crippen LogP contribution in [0.4, 0.5) is 4.39 Å². The number of hydrogen-bond acceptors (Lipinski definition) is 3. The molecular weight excluding hydrogens is 271 g/mol. The maximum atomic E-state index is 13.0. The zero-order valence-electron chi connectivity index (χ0n) is 13.1. The summed E-state index contributed by atoms with van der Waals surface area (Å²) in [5.41, 5.74) is 6.86. The minimum atomic E-state index is -0.241. The van der Waals surface area contributed by atoms with E-state index < -0.39 is 0 Å². The zero-order chi connectivity index (χ0) is 15.8. The van der Waals surface area contributed by atoms with Crippen LogP contribution in [0.1, 0.15) is 18.5 Å². The maximum absolute atomic E-state index is 13.0. The number of nitrogens with one attached hydrogen (secondary N) is 1. The van der Waals surface area contributed by atoms with Crippen LogP contribution >= 0.6 is 0 Å². The second kappa shape index (κ2) is 8.59. The van der Waals surface area contributed by atoms with Crippen molar-refractivity contribution in [2.45, 2.75) is 19.0 Å². The lowest BCUT2D eigenvalue weighted by atomic mass is 10.1. The smallest absolute Gasteiger partial charge is 0.188 e. The van der Waals surface area contributed by atoms with Gasteiger partial charge in [0.05, 0.1) is 19.2 Å². The Morgan fingerprint density at radius 2 is 2.00 bits per heavy atom. The summed E-state index contributed by atoms with van der Waals surface area (Å²) in [6.45, 7) is 3.03. The largest absolute Gasteiger partial charge is 0.383 e. The molecule has 3 N–H and O–H groups in total. The zero-order valence-corrected chi connectivity index (χ0v) is 13.1. The molecule has 0 bridgehead atoms. The molecule has 5 nitrogen and oxygen atoms in total. The van der Waals surface area contributed by atoms with Crippen molar-refractivity contribution in [1.82, 2.24) is 10.2 Å².